The molecule has 0 amide bonds. The third kappa shape index (κ3) is 8.05. The Morgan fingerprint density at radius 1 is 1.00 bits per heavy atom. The third-order valence-corrected chi connectivity index (χ3v) is 4.97. The first-order chi connectivity index (χ1) is 16.2. The molecular weight excluding hydrogens is 453 g/mol. The number of anilines is 3. The van der Waals surface area contributed by atoms with E-state index in [9.17, 15) is 18.3 Å². The van der Waals surface area contributed by atoms with Crippen LogP contribution in [-0.2, 0) is 0 Å². The number of nitrogens with one attached hydrogen (secondary N) is 2. The molecule has 1 aliphatic carbocycles. The maximum Gasteiger partial charge on any atom is 0.184 e. The number of benzene rings is 2. The van der Waals surface area contributed by atoms with Crippen LogP contribution in [0.2, 0.25) is 0 Å². The van der Waals surface area contributed by atoms with Crippen molar-refractivity contribution in [1.29, 1.82) is 0 Å². The highest BCUT2D eigenvalue weighted by Gasteiger charge is 2.45. The topological polar surface area (TPSA) is 114 Å². The van der Waals surface area contributed by atoms with Crippen LogP contribution < -0.4 is 15.4 Å². The Bertz CT molecular complexity index is 909. The lowest BCUT2D eigenvalue weighted by molar-refractivity contribution is 0.0821. The molecule has 2 aromatic rings. The summed E-state index contributed by atoms with van der Waals surface area (Å²) < 4.78 is 48.2. The second kappa shape index (κ2) is 14.0. The quantitative estimate of drug-likeness (QED) is 0.318. The van der Waals surface area contributed by atoms with Gasteiger partial charge >= 0.3 is 0 Å². The summed E-state index contributed by atoms with van der Waals surface area (Å²) in [6.45, 7) is 5.06. The van der Waals surface area contributed by atoms with Gasteiger partial charge < -0.3 is 35.8 Å². The first-order valence-corrected chi connectivity index (χ1v) is 11.1. The van der Waals surface area contributed by atoms with Crippen LogP contribution in [-0.4, -0.2) is 59.0 Å². The van der Waals surface area contributed by atoms with Gasteiger partial charge in [-0.1, -0.05) is 19.9 Å². The molecule has 34 heavy (non-hydrogen) atoms. The fraction of sp³-hybridized carbons (Fsp3) is 0.500. The Morgan fingerprint density at radius 2 is 1.62 bits per heavy atom. The van der Waals surface area contributed by atoms with Crippen molar-refractivity contribution < 1.29 is 38.3 Å². The second-order valence-electron chi connectivity index (χ2n) is 7.63. The highest BCUT2D eigenvalue weighted by atomic mass is 19.2. The molecule has 2 aromatic carbocycles. The van der Waals surface area contributed by atoms with Gasteiger partial charge in [0.1, 0.15) is 22.9 Å². The van der Waals surface area contributed by atoms with Crippen molar-refractivity contribution in [2.45, 2.75) is 51.7 Å². The average Bonchev–Trinajstić information content (AvgIpc) is 3.59. The maximum atomic E-state index is 14.7. The van der Waals surface area contributed by atoms with Gasteiger partial charge in [-0.05, 0) is 43.9 Å². The van der Waals surface area contributed by atoms with Crippen LogP contribution in [0.1, 0.15) is 38.7 Å². The number of hydrogen-bond donors (Lipinski definition) is 6. The van der Waals surface area contributed by atoms with E-state index in [1.165, 1.54) is 19.2 Å². The number of aliphatic hydroxyl groups excluding tert-OH is 4. The number of aliphatic hydroxyl groups is 4. The van der Waals surface area contributed by atoms with Crippen LogP contribution in [0.25, 0.3) is 0 Å². The van der Waals surface area contributed by atoms with Crippen molar-refractivity contribution in [3.05, 3.63) is 47.3 Å². The Morgan fingerprint density at radius 3 is 2.09 bits per heavy atom. The Balaban J connectivity index is 0.000000872. The van der Waals surface area contributed by atoms with Crippen molar-refractivity contribution in [2.75, 3.05) is 37.6 Å². The van der Waals surface area contributed by atoms with E-state index < -0.39 is 35.7 Å². The molecule has 3 rings (SSSR count). The van der Waals surface area contributed by atoms with Gasteiger partial charge in [0.05, 0.1) is 38.7 Å². The smallest absolute Gasteiger partial charge is 0.184 e. The molecule has 0 saturated heterocycles. The summed E-state index contributed by atoms with van der Waals surface area (Å²) in [4.78, 5) is 0. The largest absolute Gasteiger partial charge is 0.494 e. The molecule has 7 nitrogen and oxygen atoms in total. The molecule has 0 aliphatic heterocycles. The van der Waals surface area contributed by atoms with Crippen molar-refractivity contribution in [3.63, 3.8) is 0 Å². The van der Waals surface area contributed by atoms with E-state index in [1.807, 2.05) is 13.8 Å². The minimum atomic E-state index is -1.18. The fourth-order valence-electron chi connectivity index (χ4n) is 3.17. The molecule has 0 aromatic heterocycles. The van der Waals surface area contributed by atoms with Gasteiger partial charge in [0.25, 0.3) is 0 Å². The molecule has 0 radical (unpaired) electrons. The maximum absolute atomic E-state index is 14.7. The van der Waals surface area contributed by atoms with Gasteiger partial charge in [0.15, 0.2) is 11.6 Å². The zero-order chi connectivity index (χ0) is 25.9. The van der Waals surface area contributed by atoms with Crippen LogP contribution >= 0.6 is 0 Å². The molecular formula is C24H35F3N2O5. The summed E-state index contributed by atoms with van der Waals surface area (Å²) in [5.74, 6) is -2.89. The summed E-state index contributed by atoms with van der Waals surface area (Å²) in [7, 11) is 1.32. The minimum absolute atomic E-state index is 0.0135. The molecule has 1 atom stereocenters. The van der Waals surface area contributed by atoms with Crippen LogP contribution in [0.15, 0.2) is 24.3 Å². The van der Waals surface area contributed by atoms with E-state index in [-0.39, 0.29) is 42.4 Å². The number of hydrogen-bond acceptors (Lipinski definition) is 7. The Labute approximate surface area is 198 Å². The predicted octanol–water partition coefficient (Wildman–Crippen LogP) is 3.85. The minimum Gasteiger partial charge on any atom is -0.494 e. The van der Waals surface area contributed by atoms with Crippen LogP contribution in [0, 0.1) is 24.4 Å². The summed E-state index contributed by atoms with van der Waals surface area (Å²) >= 11 is 0. The molecule has 1 fully saturated rings. The van der Waals surface area contributed by atoms with E-state index in [1.54, 1.807) is 13.0 Å². The highest BCUT2D eigenvalue weighted by molar-refractivity contribution is 5.81. The molecule has 0 heterocycles. The van der Waals surface area contributed by atoms with Crippen molar-refractivity contribution in [2.24, 2.45) is 0 Å². The number of halogens is 3. The standard InChI is InChI=1S/C20H23F3N2O3.C2H6O2.C2H6/c1-11-3-4-15(13(21)7-11)24-19-17(23)14(22)8-16(28-2)18(19)25-20(5-6-20)9-12(27)10-26;3-1-2-4;1-2/h3-4,7-8,12,24-27H,5-6,9-10H2,1-2H3;3-4H,1-2H2;1-2H3. The van der Waals surface area contributed by atoms with Gasteiger partial charge in [-0.3, -0.25) is 0 Å². The highest BCUT2D eigenvalue weighted by Crippen LogP contribution is 2.48. The first kappa shape index (κ1) is 29.5. The number of rotatable bonds is 9. The van der Waals surface area contributed by atoms with Crippen molar-refractivity contribution in [1.82, 2.24) is 0 Å². The van der Waals surface area contributed by atoms with Crippen LogP contribution in [0.3, 0.4) is 0 Å². The lowest BCUT2D eigenvalue weighted by Gasteiger charge is -2.25. The normalized spacial score (nSPS) is 14.1. The summed E-state index contributed by atoms with van der Waals surface area (Å²) in [5, 5.41) is 39.9. The first-order valence-electron chi connectivity index (χ1n) is 11.1. The molecule has 192 valence electrons. The second-order valence-corrected chi connectivity index (χ2v) is 7.63. The van der Waals surface area contributed by atoms with Gasteiger partial charge in [0.2, 0.25) is 0 Å². The molecule has 6 N–H and O–H groups in total. The van der Waals surface area contributed by atoms with Crippen molar-refractivity contribution >= 4 is 17.1 Å². The Kier molecular flexibility index (Phi) is 12.2. The average molecular weight is 489 g/mol. The molecule has 1 saturated carbocycles. The SMILES string of the molecule is CC.COc1cc(F)c(F)c(Nc2ccc(C)cc2F)c1NC1(CC(O)CO)CC1.OCCO. The van der Waals surface area contributed by atoms with E-state index >= 15 is 0 Å². The summed E-state index contributed by atoms with van der Waals surface area (Å²) in [6.07, 6.45) is 0.622. The monoisotopic (exact) mass is 488 g/mol. The number of methoxy groups -OCH3 is 1. The zero-order valence-electron chi connectivity index (χ0n) is 20.0. The van der Waals surface area contributed by atoms with Crippen molar-refractivity contribution in [3.8, 4) is 5.75 Å². The Hall–Kier alpha value is -2.53. The predicted molar refractivity (Wildman–Crippen MR) is 126 cm³/mol. The van der Waals surface area contributed by atoms with Crippen LogP contribution in [0.4, 0.5) is 30.2 Å². The third-order valence-electron chi connectivity index (χ3n) is 4.97. The lowest BCUT2D eigenvalue weighted by Crippen LogP contribution is -2.29. The van der Waals surface area contributed by atoms with Gasteiger partial charge in [-0.15, -0.1) is 0 Å². The van der Waals surface area contributed by atoms with Gasteiger partial charge in [-0.2, -0.15) is 0 Å². The fourth-order valence-corrected chi connectivity index (χ4v) is 3.17. The zero-order valence-corrected chi connectivity index (χ0v) is 20.0. The number of aryl methyl sites for hydroxylation is 1. The van der Waals surface area contributed by atoms with E-state index in [4.69, 9.17) is 20.1 Å². The van der Waals surface area contributed by atoms with Gasteiger partial charge in [0, 0.05) is 11.6 Å². The van der Waals surface area contributed by atoms with Crippen LogP contribution in [0.5, 0.6) is 5.75 Å². The lowest BCUT2D eigenvalue weighted by atomic mass is 10.1. The van der Waals surface area contributed by atoms with E-state index in [0.29, 0.717) is 18.4 Å². The van der Waals surface area contributed by atoms with Gasteiger partial charge in [-0.25, -0.2) is 13.2 Å². The molecule has 10 heteroatoms. The van der Waals surface area contributed by atoms with E-state index in [0.717, 1.165) is 6.07 Å². The molecule has 0 spiro atoms. The summed E-state index contributed by atoms with van der Waals surface area (Å²) in [5.41, 5.74) is -0.0653. The molecule has 1 unspecified atom stereocenters. The number of ether oxygens (including phenoxy) is 1. The summed E-state index contributed by atoms with van der Waals surface area (Å²) in [6, 6.07) is 5.28. The molecule has 1 aliphatic rings. The van der Waals surface area contributed by atoms with E-state index in [2.05, 4.69) is 10.6 Å². The molecule has 0 bridgehead atoms.